The number of nitrogens with zero attached hydrogens (tertiary/aromatic N) is 1. The van der Waals surface area contributed by atoms with Gasteiger partial charge in [0.05, 0.1) is 6.04 Å². The molecular formula is C32H25NO. The van der Waals surface area contributed by atoms with Crippen molar-refractivity contribution in [3.05, 3.63) is 125 Å². The quantitative estimate of drug-likeness (QED) is 0.274. The van der Waals surface area contributed by atoms with E-state index in [9.17, 15) is 0 Å². The molecule has 1 aromatic heterocycles. The molecule has 2 unspecified atom stereocenters. The molecule has 2 aliphatic rings. The van der Waals surface area contributed by atoms with E-state index < -0.39 is 0 Å². The van der Waals surface area contributed by atoms with Crippen LogP contribution in [0.3, 0.4) is 0 Å². The zero-order chi connectivity index (χ0) is 22.8. The number of hydrogen-bond donors (Lipinski definition) is 0. The van der Waals surface area contributed by atoms with E-state index in [-0.39, 0.29) is 6.04 Å². The summed E-state index contributed by atoms with van der Waals surface area (Å²) in [7, 11) is 0. The third kappa shape index (κ3) is 2.88. The highest BCUT2D eigenvalue weighted by Crippen LogP contribution is 2.49. The van der Waals surface area contributed by atoms with E-state index in [2.05, 4.69) is 122 Å². The molecule has 0 bridgehead atoms. The number of allylic oxidation sites excluding steroid dienone is 2. The standard InChI is InChI=1S/C32H25NO/c1-20-8-12-29-25(16-20)26-18-22(10-13-30(26)33(29)24-6-4-3-5-7-24)23-11-15-32-28(19-23)27-17-21(2)9-14-31(27)34-32/h3-19,26,30H,1-2H3. The Hall–Kier alpha value is -4.04. The molecule has 0 radical (unpaired) electrons. The van der Waals surface area contributed by atoms with Gasteiger partial charge in [0.1, 0.15) is 11.2 Å². The van der Waals surface area contributed by atoms with E-state index >= 15 is 0 Å². The van der Waals surface area contributed by atoms with Gasteiger partial charge in [-0.2, -0.15) is 0 Å². The van der Waals surface area contributed by atoms with Crippen LogP contribution in [0.5, 0.6) is 0 Å². The lowest BCUT2D eigenvalue weighted by atomic mass is 9.85. The number of fused-ring (bicyclic) bond motifs is 6. The minimum absolute atomic E-state index is 0.282. The van der Waals surface area contributed by atoms with Gasteiger partial charge in [-0.1, -0.05) is 71.8 Å². The minimum atomic E-state index is 0.282. The first-order valence-electron chi connectivity index (χ1n) is 11.9. The van der Waals surface area contributed by atoms with Gasteiger partial charge >= 0.3 is 0 Å². The molecule has 2 heteroatoms. The SMILES string of the molecule is Cc1ccc2c(c1)C1C=C(c3ccc4oc5ccc(C)cc5c4c3)C=CC1N2c1ccccc1. The van der Waals surface area contributed by atoms with E-state index in [1.165, 1.54) is 50.0 Å². The fraction of sp³-hybridized carbons (Fsp3) is 0.125. The lowest BCUT2D eigenvalue weighted by molar-refractivity contribution is 0.669. The van der Waals surface area contributed by atoms with Crippen molar-refractivity contribution < 1.29 is 4.42 Å². The fourth-order valence-electron chi connectivity index (χ4n) is 5.67. The third-order valence-corrected chi connectivity index (χ3v) is 7.29. The highest BCUT2D eigenvalue weighted by molar-refractivity contribution is 6.06. The molecular weight excluding hydrogens is 414 g/mol. The molecule has 1 aliphatic carbocycles. The Labute approximate surface area is 199 Å². The smallest absolute Gasteiger partial charge is 0.135 e. The fourth-order valence-corrected chi connectivity index (χ4v) is 5.67. The Morgan fingerprint density at radius 3 is 2.32 bits per heavy atom. The van der Waals surface area contributed by atoms with Gasteiger partial charge in [-0.3, -0.25) is 0 Å². The van der Waals surface area contributed by atoms with Crippen LogP contribution in [0.4, 0.5) is 11.4 Å². The minimum Gasteiger partial charge on any atom is -0.456 e. The second-order valence-corrected chi connectivity index (χ2v) is 9.58. The Kier molecular flexibility index (Phi) is 4.13. The van der Waals surface area contributed by atoms with Crippen molar-refractivity contribution in [2.45, 2.75) is 25.8 Å². The summed E-state index contributed by atoms with van der Waals surface area (Å²) in [6, 6.07) is 30.9. The highest BCUT2D eigenvalue weighted by Gasteiger charge is 2.38. The molecule has 0 N–H and O–H groups in total. The van der Waals surface area contributed by atoms with Crippen molar-refractivity contribution >= 4 is 38.9 Å². The summed E-state index contributed by atoms with van der Waals surface area (Å²) in [4.78, 5) is 2.48. The number of hydrogen-bond acceptors (Lipinski definition) is 2. The van der Waals surface area contributed by atoms with Gasteiger partial charge < -0.3 is 9.32 Å². The molecule has 0 saturated carbocycles. The topological polar surface area (TPSA) is 16.4 Å². The third-order valence-electron chi connectivity index (χ3n) is 7.29. The van der Waals surface area contributed by atoms with E-state index in [0.717, 1.165) is 11.2 Å². The van der Waals surface area contributed by atoms with Crippen LogP contribution < -0.4 is 4.90 Å². The summed E-state index contributed by atoms with van der Waals surface area (Å²) < 4.78 is 6.10. The average molecular weight is 440 g/mol. The van der Waals surface area contributed by atoms with Crippen molar-refractivity contribution in [2.75, 3.05) is 4.90 Å². The van der Waals surface area contributed by atoms with Gasteiger partial charge in [0.25, 0.3) is 0 Å². The molecule has 4 aromatic carbocycles. The summed E-state index contributed by atoms with van der Waals surface area (Å²) in [5.41, 5.74) is 10.9. The molecule has 2 heterocycles. The zero-order valence-electron chi connectivity index (χ0n) is 19.3. The summed E-state index contributed by atoms with van der Waals surface area (Å²) in [6.45, 7) is 4.32. The monoisotopic (exact) mass is 439 g/mol. The number of furan rings is 1. The molecule has 0 fully saturated rings. The van der Waals surface area contributed by atoms with Crippen LogP contribution in [0, 0.1) is 13.8 Å². The van der Waals surface area contributed by atoms with Crippen LogP contribution in [0.1, 0.15) is 28.2 Å². The van der Waals surface area contributed by atoms with Crippen LogP contribution in [-0.2, 0) is 0 Å². The van der Waals surface area contributed by atoms with Gasteiger partial charge in [0.2, 0.25) is 0 Å². The maximum Gasteiger partial charge on any atom is 0.135 e. The van der Waals surface area contributed by atoms with Gasteiger partial charge in [0.15, 0.2) is 0 Å². The van der Waals surface area contributed by atoms with Crippen LogP contribution in [0.15, 0.2) is 108 Å². The Morgan fingerprint density at radius 1 is 0.735 bits per heavy atom. The first-order chi connectivity index (χ1) is 16.7. The number of para-hydroxylation sites is 1. The predicted octanol–water partition coefficient (Wildman–Crippen LogP) is 8.46. The van der Waals surface area contributed by atoms with E-state index in [4.69, 9.17) is 4.42 Å². The summed E-state index contributed by atoms with van der Waals surface area (Å²) in [5.74, 6) is 0.314. The highest BCUT2D eigenvalue weighted by atomic mass is 16.3. The van der Waals surface area contributed by atoms with Gasteiger partial charge in [-0.15, -0.1) is 0 Å². The Morgan fingerprint density at radius 2 is 1.47 bits per heavy atom. The average Bonchev–Trinajstić information content (AvgIpc) is 3.38. The second kappa shape index (κ2) is 7.23. The first-order valence-corrected chi connectivity index (χ1v) is 11.9. The molecule has 5 aromatic rings. The van der Waals surface area contributed by atoms with Crippen LogP contribution in [-0.4, -0.2) is 6.04 Å². The molecule has 0 amide bonds. The van der Waals surface area contributed by atoms with Crippen LogP contribution >= 0.6 is 0 Å². The molecule has 7 rings (SSSR count). The van der Waals surface area contributed by atoms with Gasteiger partial charge in [-0.05, 0) is 73.0 Å². The summed E-state index contributed by atoms with van der Waals surface area (Å²) >= 11 is 0. The van der Waals surface area contributed by atoms with Gasteiger partial charge in [-0.25, -0.2) is 0 Å². The maximum absolute atomic E-state index is 6.10. The van der Waals surface area contributed by atoms with Crippen molar-refractivity contribution in [3.63, 3.8) is 0 Å². The van der Waals surface area contributed by atoms with Gasteiger partial charge in [0, 0.05) is 28.1 Å². The van der Waals surface area contributed by atoms with Crippen molar-refractivity contribution in [1.29, 1.82) is 0 Å². The molecule has 2 nitrogen and oxygen atoms in total. The van der Waals surface area contributed by atoms with E-state index in [1.54, 1.807) is 0 Å². The second-order valence-electron chi connectivity index (χ2n) is 9.58. The molecule has 164 valence electrons. The first kappa shape index (κ1) is 19.4. The number of anilines is 2. The number of benzene rings is 4. The predicted molar refractivity (Wildman–Crippen MR) is 142 cm³/mol. The van der Waals surface area contributed by atoms with Crippen molar-refractivity contribution in [2.24, 2.45) is 0 Å². The van der Waals surface area contributed by atoms with Crippen LogP contribution in [0.25, 0.3) is 27.5 Å². The summed E-state index contributed by atoms with van der Waals surface area (Å²) in [5, 5.41) is 2.37. The van der Waals surface area contributed by atoms with E-state index in [0.29, 0.717) is 5.92 Å². The molecule has 2 atom stereocenters. The van der Waals surface area contributed by atoms with Crippen molar-refractivity contribution in [3.8, 4) is 0 Å². The Balaban J connectivity index is 1.36. The van der Waals surface area contributed by atoms with Crippen molar-refractivity contribution in [1.82, 2.24) is 0 Å². The summed E-state index contributed by atoms with van der Waals surface area (Å²) in [6.07, 6.45) is 7.13. The van der Waals surface area contributed by atoms with E-state index in [1.807, 2.05) is 0 Å². The maximum atomic E-state index is 6.10. The normalized spacial score (nSPS) is 18.9. The molecule has 34 heavy (non-hydrogen) atoms. The number of rotatable bonds is 2. The molecule has 0 saturated heterocycles. The zero-order valence-corrected chi connectivity index (χ0v) is 19.3. The molecule has 1 aliphatic heterocycles. The molecule has 0 spiro atoms. The number of aryl methyl sites for hydroxylation is 2. The largest absolute Gasteiger partial charge is 0.456 e. The van der Waals surface area contributed by atoms with Crippen LogP contribution in [0.2, 0.25) is 0 Å². The Bertz CT molecular complexity index is 1640. The lowest BCUT2D eigenvalue weighted by Gasteiger charge is -2.29. The lowest BCUT2D eigenvalue weighted by Crippen LogP contribution is -2.28.